The zero-order valence-corrected chi connectivity index (χ0v) is 9.43. The number of rotatable bonds is 5. The molecule has 0 radical (unpaired) electrons. The highest BCUT2D eigenvalue weighted by atomic mass is 15.2. The van der Waals surface area contributed by atoms with Gasteiger partial charge in [-0.15, -0.1) is 0 Å². The number of imidazole rings is 1. The predicted molar refractivity (Wildman–Crippen MR) is 66.1 cm³/mol. The van der Waals surface area contributed by atoms with Crippen LogP contribution in [-0.4, -0.2) is 39.2 Å². The lowest BCUT2D eigenvalue weighted by Crippen LogP contribution is -2.25. The Hall–Kier alpha value is -1.93. The zero-order valence-electron chi connectivity index (χ0n) is 9.43. The van der Waals surface area contributed by atoms with Crippen LogP contribution in [0.4, 0.5) is 11.8 Å². The first kappa shape index (κ1) is 11.6. The summed E-state index contributed by atoms with van der Waals surface area (Å²) in [6, 6.07) is 0. The molecule has 0 bridgehead atoms. The number of hydrogen-bond acceptors (Lipinski definition) is 7. The summed E-state index contributed by atoms with van der Waals surface area (Å²) in [6.45, 7) is 2.91. The number of nitrogen functional groups attached to an aromatic ring is 2. The van der Waals surface area contributed by atoms with E-state index < -0.39 is 0 Å². The molecule has 0 saturated carbocycles. The largest absolute Gasteiger partial charge is 0.382 e. The summed E-state index contributed by atoms with van der Waals surface area (Å²) in [7, 11) is 0. The van der Waals surface area contributed by atoms with Crippen LogP contribution in [0.25, 0.3) is 11.2 Å². The second kappa shape index (κ2) is 4.93. The van der Waals surface area contributed by atoms with Crippen molar-refractivity contribution in [3.63, 3.8) is 0 Å². The molecule has 0 atom stereocenters. The van der Waals surface area contributed by atoms with Gasteiger partial charge in [0.2, 0.25) is 5.95 Å². The number of aromatic nitrogens is 4. The Balaban J connectivity index is 2.18. The van der Waals surface area contributed by atoms with Gasteiger partial charge >= 0.3 is 0 Å². The number of hydrogen-bond donors (Lipinski definition) is 4. The fourth-order valence-corrected chi connectivity index (χ4v) is 1.57. The van der Waals surface area contributed by atoms with E-state index in [1.807, 2.05) is 4.57 Å². The molecule has 8 nitrogen and oxygen atoms in total. The molecule has 0 amide bonds. The molecule has 0 aromatic carbocycles. The zero-order chi connectivity index (χ0) is 12.3. The van der Waals surface area contributed by atoms with Crippen molar-refractivity contribution in [3.05, 3.63) is 6.33 Å². The van der Waals surface area contributed by atoms with Gasteiger partial charge in [0.25, 0.3) is 0 Å². The van der Waals surface area contributed by atoms with Crippen LogP contribution in [0.1, 0.15) is 0 Å². The van der Waals surface area contributed by atoms with Crippen LogP contribution < -0.4 is 22.5 Å². The van der Waals surface area contributed by atoms with Crippen molar-refractivity contribution in [2.75, 3.05) is 31.1 Å². The van der Waals surface area contributed by atoms with Crippen LogP contribution in [0.5, 0.6) is 0 Å². The number of anilines is 2. The smallest absolute Gasteiger partial charge is 0.224 e. The Morgan fingerprint density at radius 1 is 1.24 bits per heavy atom. The van der Waals surface area contributed by atoms with Gasteiger partial charge in [-0.2, -0.15) is 9.97 Å². The molecule has 0 saturated heterocycles. The number of nitrogens with zero attached hydrogens (tertiary/aromatic N) is 4. The number of nitrogens with two attached hydrogens (primary N) is 3. The Morgan fingerprint density at radius 3 is 2.82 bits per heavy atom. The first-order chi connectivity index (χ1) is 8.22. The first-order valence-corrected chi connectivity index (χ1v) is 5.37. The molecule has 0 aliphatic heterocycles. The minimum atomic E-state index is 0.159. The van der Waals surface area contributed by atoms with Gasteiger partial charge in [-0.3, -0.25) is 0 Å². The summed E-state index contributed by atoms with van der Waals surface area (Å²) in [4.78, 5) is 12.2. The predicted octanol–water partition coefficient (Wildman–Crippen LogP) is -1.46. The molecular weight excluding hydrogens is 220 g/mol. The standard InChI is InChI=1S/C9H16N8/c10-1-2-13-3-4-17-5-14-6-7(11)15-9(12)16-8(6)17/h5,13H,1-4,10H2,(H4,11,12,15,16). The Morgan fingerprint density at radius 2 is 2.06 bits per heavy atom. The summed E-state index contributed by atoms with van der Waals surface area (Å²) in [5, 5.41) is 3.19. The summed E-state index contributed by atoms with van der Waals surface area (Å²) in [6.07, 6.45) is 1.68. The van der Waals surface area contributed by atoms with E-state index >= 15 is 0 Å². The highest BCUT2D eigenvalue weighted by molar-refractivity contribution is 5.82. The molecule has 2 rings (SSSR count). The molecule has 2 heterocycles. The van der Waals surface area contributed by atoms with Crippen LogP contribution >= 0.6 is 0 Å². The third kappa shape index (κ3) is 2.43. The molecule has 0 aliphatic rings. The average molecular weight is 236 g/mol. The van der Waals surface area contributed by atoms with E-state index in [9.17, 15) is 0 Å². The summed E-state index contributed by atoms with van der Waals surface area (Å²) >= 11 is 0. The topological polar surface area (TPSA) is 134 Å². The molecule has 2 aromatic heterocycles. The normalized spacial score (nSPS) is 11.1. The van der Waals surface area contributed by atoms with Crippen LogP contribution in [0.2, 0.25) is 0 Å². The molecule has 0 fully saturated rings. The monoisotopic (exact) mass is 236 g/mol. The van der Waals surface area contributed by atoms with Crippen LogP contribution in [0.15, 0.2) is 6.33 Å². The SMILES string of the molecule is NCCNCCn1cnc2c(N)nc(N)nc21. The minimum Gasteiger partial charge on any atom is -0.382 e. The second-order valence-corrected chi connectivity index (χ2v) is 3.62. The molecule has 7 N–H and O–H groups in total. The molecule has 0 spiro atoms. The van der Waals surface area contributed by atoms with E-state index in [0.717, 1.165) is 19.6 Å². The van der Waals surface area contributed by atoms with Crippen molar-refractivity contribution < 1.29 is 0 Å². The van der Waals surface area contributed by atoms with Crippen molar-refractivity contribution in [1.29, 1.82) is 0 Å². The summed E-state index contributed by atoms with van der Waals surface area (Å²) in [5.74, 6) is 0.466. The van der Waals surface area contributed by atoms with Crippen molar-refractivity contribution in [3.8, 4) is 0 Å². The first-order valence-electron chi connectivity index (χ1n) is 5.37. The lowest BCUT2D eigenvalue weighted by Gasteiger charge is -2.05. The van der Waals surface area contributed by atoms with Crippen molar-refractivity contribution in [2.24, 2.45) is 5.73 Å². The maximum absolute atomic E-state index is 5.71. The quantitative estimate of drug-likeness (QED) is 0.466. The lowest BCUT2D eigenvalue weighted by atomic mass is 10.5. The lowest BCUT2D eigenvalue weighted by molar-refractivity contribution is 0.609. The maximum atomic E-state index is 5.71. The maximum Gasteiger partial charge on any atom is 0.224 e. The van der Waals surface area contributed by atoms with Gasteiger partial charge in [0.15, 0.2) is 11.5 Å². The van der Waals surface area contributed by atoms with Crippen molar-refractivity contribution >= 4 is 22.9 Å². The fraction of sp³-hybridized carbons (Fsp3) is 0.444. The van der Waals surface area contributed by atoms with E-state index in [0.29, 0.717) is 23.5 Å². The van der Waals surface area contributed by atoms with Gasteiger partial charge in [0.1, 0.15) is 5.52 Å². The number of fused-ring (bicyclic) bond motifs is 1. The van der Waals surface area contributed by atoms with E-state index in [-0.39, 0.29) is 5.95 Å². The Bertz CT molecular complexity index is 505. The van der Waals surface area contributed by atoms with Crippen molar-refractivity contribution in [1.82, 2.24) is 24.8 Å². The fourth-order valence-electron chi connectivity index (χ4n) is 1.57. The molecule has 0 aliphatic carbocycles. The molecule has 8 heteroatoms. The third-order valence-corrected chi connectivity index (χ3v) is 2.36. The highest BCUT2D eigenvalue weighted by Gasteiger charge is 2.09. The molecule has 2 aromatic rings. The van der Waals surface area contributed by atoms with Crippen LogP contribution in [-0.2, 0) is 6.54 Å². The third-order valence-electron chi connectivity index (χ3n) is 2.36. The minimum absolute atomic E-state index is 0.159. The molecule has 92 valence electrons. The van der Waals surface area contributed by atoms with Gasteiger partial charge in [-0.1, -0.05) is 0 Å². The molecule has 17 heavy (non-hydrogen) atoms. The van der Waals surface area contributed by atoms with Crippen LogP contribution in [0, 0.1) is 0 Å². The van der Waals surface area contributed by atoms with E-state index in [1.165, 1.54) is 0 Å². The average Bonchev–Trinajstić information content (AvgIpc) is 2.68. The van der Waals surface area contributed by atoms with Gasteiger partial charge in [0, 0.05) is 26.2 Å². The van der Waals surface area contributed by atoms with Gasteiger partial charge < -0.3 is 27.1 Å². The summed E-state index contributed by atoms with van der Waals surface area (Å²) in [5.41, 5.74) is 17.9. The van der Waals surface area contributed by atoms with Gasteiger partial charge in [-0.25, -0.2) is 4.98 Å². The van der Waals surface area contributed by atoms with Gasteiger partial charge in [0.05, 0.1) is 6.33 Å². The van der Waals surface area contributed by atoms with Gasteiger partial charge in [-0.05, 0) is 0 Å². The van der Waals surface area contributed by atoms with Crippen molar-refractivity contribution in [2.45, 2.75) is 6.54 Å². The van der Waals surface area contributed by atoms with E-state index in [4.69, 9.17) is 17.2 Å². The van der Waals surface area contributed by atoms with E-state index in [2.05, 4.69) is 20.3 Å². The van der Waals surface area contributed by atoms with Crippen LogP contribution in [0.3, 0.4) is 0 Å². The second-order valence-electron chi connectivity index (χ2n) is 3.62. The molecular formula is C9H16N8. The highest BCUT2D eigenvalue weighted by Crippen LogP contribution is 2.16. The molecule has 0 unspecified atom stereocenters. The summed E-state index contributed by atoms with van der Waals surface area (Å²) < 4.78 is 1.88. The number of nitrogens with one attached hydrogen (secondary N) is 1. The Kier molecular flexibility index (Phi) is 3.35. The van der Waals surface area contributed by atoms with E-state index in [1.54, 1.807) is 6.33 Å². The Labute approximate surface area is 98.2 Å².